The number of benzene rings is 1. The Balaban J connectivity index is 1.60. The molecule has 0 bridgehead atoms. The van der Waals surface area contributed by atoms with Gasteiger partial charge in [0.2, 0.25) is 0 Å². The number of nitrogens with two attached hydrogens (primary N) is 1. The van der Waals surface area contributed by atoms with Gasteiger partial charge in [-0.25, -0.2) is 4.79 Å². The number of aliphatic carboxylic acids is 1. The number of carboxylic acid groups (broad SMARTS) is 1. The van der Waals surface area contributed by atoms with Crippen molar-refractivity contribution in [3.05, 3.63) is 30.5 Å². The van der Waals surface area contributed by atoms with E-state index in [0.29, 0.717) is 76.1 Å². The number of ether oxygens (including phenoxy) is 3. The molecule has 1 aromatic heterocycles. The van der Waals surface area contributed by atoms with Crippen LogP contribution in [0.25, 0.3) is 11.3 Å². The van der Waals surface area contributed by atoms with Crippen LogP contribution in [0.15, 0.2) is 30.5 Å². The summed E-state index contributed by atoms with van der Waals surface area (Å²) in [6.07, 6.45) is 3.75. The number of Topliss-reactive ketones (excluding diaryl/α,β-unsaturated/α-hetero) is 1. The Bertz CT molecular complexity index is 1520. The van der Waals surface area contributed by atoms with Crippen LogP contribution in [0.1, 0.15) is 79.6 Å². The van der Waals surface area contributed by atoms with E-state index in [1.54, 1.807) is 37.5 Å². The van der Waals surface area contributed by atoms with Gasteiger partial charge in [-0.2, -0.15) is 0 Å². The van der Waals surface area contributed by atoms with Crippen molar-refractivity contribution in [3.8, 4) is 11.3 Å². The van der Waals surface area contributed by atoms with Crippen molar-refractivity contribution in [2.24, 2.45) is 11.8 Å². The number of carboxylic acids is 1. The Morgan fingerprint density at radius 1 is 1.23 bits per heavy atom. The number of nitrogens with one attached hydrogen (secondary N) is 2. The smallest absolute Gasteiger partial charge is 0.410 e. The maximum atomic E-state index is 13.8. The lowest BCUT2D eigenvalue weighted by Gasteiger charge is -2.42. The zero-order chi connectivity index (χ0) is 38.0. The van der Waals surface area contributed by atoms with Crippen molar-refractivity contribution in [1.82, 2.24) is 30.5 Å². The van der Waals surface area contributed by atoms with Gasteiger partial charge in [-0.1, -0.05) is 31.2 Å². The van der Waals surface area contributed by atoms with Crippen molar-refractivity contribution in [1.29, 1.82) is 0 Å². The van der Waals surface area contributed by atoms with Crippen LogP contribution in [-0.2, 0) is 35.1 Å². The van der Waals surface area contributed by atoms with E-state index in [2.05, 4.69) is 27.9 Å². The summed E-state index contributed by atoms with van der Waals surface area (Å²) >= 11 is 0. The molecule has 2 aliphatic rings. The van der Waals surface area contributed by atoms with E-state index in [-0.39, 0.29) is 30.3 Å². The first-order chi connectivity index (χ1) is 24.8. The molecule has 1 aromatic carbocycles. The SMILES string of the molecule is CC[C@H]1OC(=O)[C@H](C)C(=O)CC[C@H](OC)C[C@@H](C)CN[C@H](CCN[C@@H](C)C(=O)O)[C@H]2N(CCCCn3cc(-c4cccc(N)c4)nn3)C(=O)O[C@]12C. The monoisotopic (exact) mass is 727 g/mol. The Kier molecular flexibility index (Phi) is 14.6. The molecule has 2 aromatic rings. The zero-order valence-corrected chi connectivity index (χ0v) is 31.4. The molecular weight excluding hydrogens is 670 g/mol. The summed E-state index contributed by atoms with van der Waals surface area (Å²) in [6, 6.07) is 5.71. The fraction of sp³-hybridized carbons (Fsp3) is 0.676. The predicted octanol–water partition coefficient (Wildman–Crippen LogP) is 3.66. The number of fused-ring (bicyclic) bond motifs is 1. The summed E-state index contributed by atoms with van der Waals surface area (Å²) in [5, 5.41) is 24.8. The molecule has 2 aliphatic heterocycles. The molecule has 1 amide bonds. The van der Waals surface area contributed by atoms with Gasteiger partial charge < -0.3 is 35.7 Å². The number of aryl methyl sites for hydroxylation is 1. The first-order valence-corrected chi connectivity index (χ1v) is 18.5. The van der Waals surface area contributed by atoms with E-state index in [4.69, 9.17) is 19.9 Å². The van der Waals surface area contributed by atoms with Gasteiger partial charge in [-0.3, -0.25) is 24.0 Å². The van der Waals surface area contributed by atoms with Gasteiger partial charge in [0.05, 0.1) is 18.3 Å². The molecule has 0 radical (unpaired) electrons. The van der Waals surface area contributed by atoms with E-state index in [0.717, 1.165) is 5.56 Å². The number of methoxy groups -OCH3 is 1. The summed E-state index contributed by atoms with van der Waals surface area (Å²) < 4.78 is 19.7. The molecule has 288 valence electrons. The Labute approximate surface area is 306 Å². The highest BCUT2D eigenvalue weighted by Gasteiger charge is 2.58. The number of hydrogen-bond donors (Lipinski definition) is 4. The normalized spacial score (nSPS) is 28.3. The summed E-state index contributed by atoms with van der Waals surface area (Å²) in [7, 11) is 1.62. The molecule has 15 nitrogen and oxygen atoms in total. The number of cyclic esters (lactones) is 1. The zero-order valence-electron chi connectivity index (χ0n) is 31.4. The molecule has 3 heterocycles. The predicted molar refractivity (Wildman–Crippen MR) is 194 cm³/mol. The number of anilines is 1. The van der Waals surface area contributed by atoms with Gasteiger partial charge in [0.25, 0.3) is 0 Å². The van der Waals surface area contributed by atoms with E-state index in [1.807, 2.05) is 37.4 Å². The first-order valence-electron chi connectivity index (χ1n) is 18.5. The van der Waals surface area contributed by atoms with Crippen LogP contribution in [0.3, 0.4) is 0 Å². The molecule has 2 fully saturated rings. The van der Waals surface area contributed by atoms with E-state index in [1.165, 1.54) is 0 Å². The maximum absolute atomic E-state index is 13.8. The highest BCUT2D eigenvalue weighted by atomic mass is 16.6. The van der Waals surface area contributed by atoms with E-state index >= 15 is 0 Å². The molecule has 0 unspecified atom stereocenters. The lowest BCUT2D eigenvalue weighted by molar-refractivity contribution is -0.169. The fourth-order valence-corrected chi connectivity index (χ4v) is 7.26. The number of ketones is 1. The third-order valence-electron chi connectivity index (χ3n) is 10.4. The number of esters is 1. The number of amides is 1. The van der Waals surface area contributed by atoms with Gasteiger partial charge in [0.1, 0.15) is 29.5 Å². The van der Waals surface area contributed by atoms with Crippen LogP contribution in [0.5, 0.6) is 0 Å². The minimum absolute atomic E-state index is 0.133. The van der Waals surface area contributed by atoms with Gasteiger partial charge in [0.15, 0.2) is 5.60 Å². The van der Waals surface area contributed by atoms with Crippen molar-refractivity contribution < 1.29 is 38.5 Å². The second kappa shape index (κ2) is 18.6. The van der Waals surface area contributed by atoms with Crippen LogP contribution in [0, 0.1) is 11.8 Å². The minimum atomic E-state index is -1.28. The molecule has 2 saturated heterocycles. The number of nitrogen functional groups attached to an aromatic ring is 1. The molecule has 5 N–H and O–H groups in total. The number of unbranched alkanes of at least 4 members (excludes halogenated alkanes) is 1. The van der Waals surface area contributed by atoms with Gasteiger partial charge in [-0.05, 0) is 90.4 Å². The summed E-state index contributed by atoms with van der Waals surface area (Å²) in [5.74, 6) is -2.70. The van der Waals surface area contributed by atoms with Crippen molar-refractivity contribution in [2.75, 3.05) is 32.5 Å². The minimum Gasteiger partial charge on any atom is -0.480 e. The lowest BCUT2D eigenvalue weighted by atomic mass is 9.82. The third-order valence-corrected chi connectivity index (χ3v) is 10.4. The van der Waals surface area contributed by atoms with Crippen LogP contribution in [-0.4, -0.2) is 111 Å². The average molecular weight is 728 g/mol. The number of carbonyl (C=O) groups excluding carboxylic acids is 3. The largest absolute Gasteiger partial charge is 0.480 e. The average Bonchev–Trinajstić information content (AvgIpc) is 3.69. The Morgan fingerprint density at radius 3 is 2.67 bits per heavy atom. The van der Waals surface area contributed by atoms with Crippen molar-refractivity contribution in [2.45, 2.75) is 122 Å². The number of nitrogens with zero attached hydrogens (tertiary/aromatic N) is 4. The van der Waals surface area contributed by atoms with Crippen LogP contribution in [0.4, 0.5) is 10.5 Å². The Morgan fingerprint density at radius 2 is 1.98 bits per heavy atom. The van der Waals surface area contributed by atoms with Gasteiger partial charge in [0, 0.05) is 43.9 Å². The van der Waals surface area contributed by atoms with Crippen LogP contribution in [0.2, 0.25) is 0 Å². The molecule has 4 rings (SSSR count). The quantitative estimate of drug-likeness (QED) is 0.101. The van der Waals surface area contributed by atoms with Crippen LogP contribution < -0.4 is 16.4 Å². The Hall–Kier alpha value is -4.08. The van der Waals surface area contributed by atoms with Crippen molar-refractivity contribution in [3.63, 3.8) is 0 Å². The molecule has 52 heavy (non-hydrogen) atoms. The number of rotatable bonds is 13. The first kappa shape index (κ1) is 40.7. The van der Waals surface area contributed by atoms with Gasteiger partial charge >= 0.3 is 18.0 Å². The molecule has 0 saturated carbocycles. The van der Waals surface area contributed by atoms with Gasteiger partial charge in [-0.15, -0.1) is 5.10 Å². The van der Waals surface area contributed by atoms with Crippen LogP contribution >= 0.6 is 0 Å². The third kappa shape index (κ3) is 10.3. The highest BCUT2D eigenvalue weighted by molar-refractivity contribution is 5.98. The standard InChI is InChI=1S/C37H57N7O8/c1-7-32-37(5)33(44(36(49)52-37)18-9-8-17-43-22-30(41-42-43)26-11-10-12-27(38)20-26)29(15-16-39-25(4)34(46)47)40-21-23(2)19-28(50-6)13-14-31(45)24(3)35(48)51-32/h10-12,20,22-25,28-29,32-33,39-40H,7-9,13-19,21,38H2,1-6H3,(H,46,47)/t23-,24-,25+,28+,29-,32-,33-,37-/m1/s1. The fourth-order valence-electron chi connectivity index (χ4n) is 7.26. The summed E-state index contributed by atoms with van der Waals surface area (Å²) in [4.78, 5) is 53.7. The lowest BCUT2D eigenvalue weighted by Crippen LogP contribution is -2.62. The van der Waals surface area contributed by atoms with E-state index in [9.17, 15) is 24.3 Å². The molecule has 0 aliphatic carbocycles. The number of hydrogen-bond acceptors (Lipinski definition) is 12. The summed E-state index contributed by atoms with van der Waals surface area (Å²) in [6.45, 7) is 10.7. The number of carbonyl (C=O) groups is 4. The topological polar surface area (TPSA) is 200 Å². The van der Waals surface area contributed by atoms with E-state index < -0.39 is 47.7 Å². The maximum Gasteiger partial charge on any atom is 0.410 e. The highest BCUT2D eigenvalue weighted by Crippen LogP contribution is 2.39. The number of aromatic nitrogens is 3. The second-order valence-corrected chi connectivity index (χ2v) is 14.5. The molecule has 8 atom stereocenters. The van der Waals surface area contributed by atoms with Crippen molar-refractivity contribution >= 4 is 29.5 Å². The molecule has 0 spiro atoms. The second-order valence-electron chi connectivity index (χ2n) is 14.5. The molecular formula is C37H57N7O8. The molecule has 15 heteroatoms. The summed E-state index contributed by atoms with van der Waals surface area (Å²) in [5.41, 5.74) is 6.88.